The minimum absolute atomic E-state index is 0.696. The molecule has 2 rings (SSSR count). The number of hydrogen-bond acceptors (Lipinski definition) is 3. The number of nitrogens with one attached hydrogen (secondary N) is 1. The van der Waals surface area contributed by atoms with E-state index in [2.05, 4.69) is 41.3 Å². The third-order valence-corrected chi connectivity index (χ3v) is 3.80. The van der Waals surface area contributed by atoms with Gasteiger partial charge in [-0.25, -0.2) is 4.98 Å². The molecule has 1 aliphatic rings. The molecule has 1 N–H and O–H groups in total. The number of nitrogens with zero attached hydrogens (tertiary/aromatic N) is 2. The molecule has 1 aliphatic carbocycles. The van der Waals surface area contributed by atoms with E-state index in [-0.39, 0.29) is 0 Å². The molecule has 0 atom stereocenters. The third kappa shape index (κ3) is 3.45. The van der Waals surface area contributed by atoms with Gasteiger partial charge in [-0.1, -0.05) is 25.8 Å². The van der Waals surface area contributed by atoms with Gasteiger partial charge in [0, 0.05) is 25.8 Å². The summed E-state index contributed by atoms with van der Waals surface area (Å²) in [5, 5.41) is 3.40. The Morgan fingerprint density at radius 1 is 1.33 bits per heavy atom. The first-order chi connectivity index (χ1) is 8.81. The van der Waals surface area contributed by atoms with Crippen molar-refractivity contribution in [2.24, 2.45) is 0 Å². The Hall–Kier alpha value is -1.09. The highest BCUT2D eigenvalue weighted by atomic mass is 15.2. The average Bonchev–Trinajstić information content (AvgIpc) is 2.93. The van der Waals surface area contributed by atoms with Gasteiger partial charge in [-0.15, -0.1) is 0 Å². The number of hydrogen-bond donors (Lipinski definition) is 1. The van der Waals surface area contributed by atoms with Gasteiger partial charge < -0.3 is 10.2 Å². The molecule has 0 unspecified atom stereocenters. The lowest BCUT2D eigenvalue weighted by molar-refractivity contribution is 0.644. The van der Waals surface area contributed by atoms with E-state index in [0.717, 1.165) is 18.9 Å². The Morgan fingerprint density at radius 2 is 2.11 bits per heavy atom. The SMILES string of the molecule is CCCNCc1ccc(N(C)C2CCCC2)nc1. The van der Waals surface area contributed by atoms with Gasteiger partial charge in [0.25, 0.3) is 0 Å². The minimum Gasteiger partial charge on any atom is -0.357 e. The molecule has 3 heteroatoms. The molecule has 1 heterocycles. The zero-order valence-corrected chi connectivity index (χ0v) is 11.7. The van der Waals surface area contributed by atoms with Crippen LogP contribution in [0.1, 0.15) is 44.6 Å². The van der Waals surface area contributed by atoms with Crippen LogP contribution in [0.4, 0.5) is 5.82 Å². The molecule has 0 aliphatic heterocycles. The van der Waals surface area contributed by atoms with Crippen molar-refractivity contribution in [1.82, 2.24) is 10.3 Å². The smallest absolute Gasteiger partial charge is 0.128 e. The maximum absolute atomic E-state index is 4.59. The van der Waals surface area contributed by atoms with Gasteiger partial charge in [0.1, 0.15) is 5.82 Å². The molecular formula is C15H25N3. The fourth-order valence-corrected chi connectivity index (χ4v) is 2.62. The van der Waals surface area contributed by atoms with Gasteiger partial charge >= 0.3 is 0 Å². The zero-order chi connectivity index (χ0) is 12.8. The number of rotatable bonds is 6. The van der Waals surface area contributed by atoms with Crippen LogP contribution < -0.4 is 10.2 Å². The highest BCUT2D eigenvalue weighted by Gasteiger charge is 2.20. The van der Waals surface area contributed by atoms with Crippen LogP contribution in [0.15, 0.2) is 18.3 Å². The van der Waals surface area contributed by atoms with Crippen LogP contribution in [0.2, 0.25) is 0 Å². The molecule has 1 aromatic rings. The molecule has 0 saturated heterocycles. The molecule has 0 spiro atoms. The van der Waals surface area contributed by atoms with Crippen LogP contribution in [-0.2, 0) is 6.54 Å². The van der Waals surface area contributed by atoms with Crippen molar-refractivity contribution in [2.45, 2.75) is 51.6 Å². The minimum atomic E-state index is 0.696. The number of anilines is 1. The van der Waals surface area contributed by atoms with Gasteiger partial charge in [0.2, 0.25) is 0 Å². The Labute approximate surface area is 111 Å². The summed E-state index contributed by atoms with van der Waals surface area (Å²) in [5.41, 5.74) is 1.27. The summed E-state index contributed by atoms with van der Waals surface area (Å²) in [6.45, 7) is 4.18. The lowest BCUT2D eigenvalue weighted by Crippen LogP contribution is -2.29. The van der Waals surface area contributed by atoms with E-state index < -0.39 is 0 Å². The molecule has 0 radical (unpaired) electrons. The van der Waals surface area contributed by atoms with E-state index in [0.29, 0.717) is 6.04 Å². The Kier molecular flexibility index (Phi) is 5.00. The van der Waals surface area contributed by atoms with E-state index in [9.17, 15) is 0 Å². The van der Waals surface area contributed by atoms with Crippen molar-refractivity contribution in [3.8, 4) is 0 Å². The van der Waals surface area contributed by atoms with Crippen molar-refractivity contribution < 1.29 is 0 Å². The fourth-order valence-electron chi connectivity index (χ4n) is 2.62. The quantitative estimate of drug-likeness (QED) is 0.783. The predicted molar refractivity (Wildman–Crippen MR) is 76.9 cm³/mol. The highest BCUT2D eigenvalue weighted by molar-refractivity contribution is 5.39. The fraction of sp³-hybridized carbons (Fsp3) is 0.667. The first-order valence-corrected chi connectivity index (χ1v) is 7.19. The van der Waals surface area contributed by atoms with Crippen molar-refractivity contribution in [3.63, 3.8) is 0 Å². The first-order valence-electron chi connectivity index (χ1n) is 7.19. The van der Waals surface area contributed by atoms with E-state index in [4.69, 9.17) is 0 Å². The summed E-state index contributed by atoms with van der Waals surface area (Å²) in [7, 11) is 2.17. The van der Waals surface area contributed by atoms with E-state index >= 15 is 0 Å². The molecule has 18 heavy (non-hydrogen) atoms. The Bertz CT molecular complexity index is 341. The van der Waals surface area contributed by atoms with Crippen LogP contribution in [0.25, 0.3) is 0 Å². The first kappa shape index (κ1) is 13.3. The van der Waals surface area contributed by atoms with Crippen molar-refractivity contribution in [2.75, 3.05) is 18.5 Å². The third-order valence-electron chi connectivity index (χ3n) is 3.80. The van der Waals surface area contributed by atoms with Crippen LogP contribution in [-0.4, -0.2) is 24.6 Å². The summed E-state index contributed by atoms with van der Waals surface area (Å²) < 4.78 is 0. The van der Waals surface area contributed by atoms with Gasteiger partial charge in [-0.05, 0) is 37.4 Å². The van der Waals surface area contributed by atoms with Gasteiger partial charge in [0.15, 0.2) is 0 Å². The molecule has 0 aromatic carbocycles. The Balaban J connectivity index is 1.89. The summed E-state index contributed by atoms with van der Waals surface area (Å²) in [5.74, 6) is 1.11. The average molecular weight is 247 g/mol. The van der Waals surface area contributed by atoms with Gasteiger partial charge in [-0.3, -0.25) is 0 Å². The molecule has 1 saturated carbocycles. The van der Waals surface area contributed by atoms with Crippen molar-refractivity contribution in [3.05, 3.63) is 23.9 Å². The monoisotopic (exact) mass is 247 g/mol. The topological polar surface area (TPSA) is 28.2 Å². The van der Waals surface area contributed by atoms with Crippen molar-refractivity contribution in [1.29, 1.82) is 0 Å². The lowest BCUT2D eigenvalue weighted by atomic mass is 10.2. The molecule has 1 fully saturated rings. The summed E-state index contributed by atoms with van der Waals surface area (Å²) in [6.07, 6.45) is 8.55. The van der Waals surface area contributed by atoms with Gasteiger partial charge in [-0.2, -0.15) is 0 Å². The Morgan fingerprint density at radius 3 is 2.72 bits per heavy atom. The van der Waals surface area contributed by atoms with Crippen LogP contribution in [0, 0.1) is 0 Å². The molecular weight excluding hydrogens is 222 g/mol. The summed E-state index contributed by atoms with van der Waals surface area (Å²) >= 11 is 0. The molecule has 0 bridgehead atoms. The second-order valence-corrected chi connectivity index (χ2v) is 5.25. The van der Waals surface area contributed by atoms with Crippen LogP contribution >= 0.6 is 0 Å². The number of pyridine rings is 1. The van der Waals surface area contributed by atoms with E-state index in [1.54, 1.807) is 0 Å². The van der Waals surface area contributed by atoms with Crippen LogP contribution in [0.5, 0.6) is 0 Å². The zero-order valence-electron chi connectivity index (χ0n) is 11.7. The van der Waals surface area contributed by atoms with E-state index in [1.807, 2.05) is 6.20 Å². The second kappa shape index (κ2) is 6.74. The maximum Gasteiger partial charge on any atom is 0.128 e. The van der Waals surface area contributed by atoms with Crippen LogP contribution in [0.3, 0.4) is 0 Å². The standard InChI is InChI=1S/C15H25N3/c1-3-10-16-11-13-8-9-15(17-12-13)18(2)14-6-4-5-7-14/h8-9,12,14,16H,3-7,10-11H2,1-2H3. The van der Waals surface area contributed by atoms with Crippen molar-refractivity contribution >= 4 is 5.82 Å². The molecule has 1 aromatic heterocycles. The second-order valence-electron chi connectivity index (χ2n) is 5.25. The lowest BCUT2D eigenvalue weighted by Gasteiger charge is -2.25. The molecule has 3 nitrogen and oxygen atoms in total. The largest absolute Gasteiger partial charge is 0.357 e. The predicted octanol–water partition coefficient (Wildman–Crippen LogP) is 2.96. The maximum atomic E-state index is 4.59. The van der Waals surface area contributed by atoms with Gasteiger partial charge in [0.05, 0.1) is 0 Å². The normalized spacial score (nSPS) is 16.1. The molecule has 100 valence electrons. The van der Waals surface area contributed by atoms with E-state index in [1.165, 1.54) is 37.7 Å². The molecule has 0 amide bonds. The highest BCUT2D eigenvalue weighted by Crippen LogP contribution is 2.25. The summed E-state index contributed by atoms with van der Waals surface area (Å²) in [4.78, 5) is 6.93. The summed E-state index contributed by atoms with van der Waals surface area (Å²) in [6, 6.07) is 5.04. The number of aromatic nitrogens is 1.